The number of aliphatic hydroxyl groups excluding tert-OH is 1. The molecule has 0 radical (unpaired) electrons. The van der Waals surface area contributed by atoms with Gasteiger partial charge in [-0.15, -0.1) is 0 Å². The number of anilines is 1. The van der Waals surface area contributed by atoms with Gasteiger partial charge in [0.15, 0.2) is 0 Å². The quantitative estimate of drug-likeness (QED) is 0.838. The molecule has 1 atom stereocenters. The summed E-state index contributed by atoms with van der Waals surface area (Å²) in [6, 6.07) is 7.92. The minimum atomic E-state index is -0.250. The van der Waals surface area contributed by atoms with Crippen LogP contribution in [0.25, 0.3) is 0 Å². The van der Waals surface area contributed by atoms with E-state index < -0.39 is 0 Å². The van der Waals surface area contributed by atoms with Crippen molar-refractivity contribution in [3.05, 3.63) is 47.8 Å². The molecule has 25 heavy (non-hydrogen) atoms. The topological polar surface area (TPSA) is 70.4 Å². The van der Waals surface area contributed by atoms with Gasteiger partial charge >= 0.3 is 0 Å². The maximum atomic E-state index is 12.5. The molecule has 2 N–H and O–H groups in total. The number of nitrogens with zero attached hydrogens (tertiary/aromatic N) is 3. The highest BCUT2D eigenvalue weighted by atomic mass is 16.3. The average molecular weight is 342 g/mol. The zero-order valence-electron chi connectivity index (χ0n) is 15.0. The van der Waals surface area contributed by atoms with Gasteiger partial charge in [0.05, 0.1) is 24.8 Å². The highest BCUT2D eigenvalue weighted by molar-refractivity contribution is 5.79. The minimum absolute atomic E-state index is 0.00662. The molecule has 1 aliphatic rings. The van der Waals surface area contributed by atoms with E-state index in [0.29, 0.717) is 6.42 Å². The molecule has 1 aliphatic carbocycles. The first-order valence-corrected chi connectivity index (χ1v) is 8.64. The number of amides is 1. The van der Waals surface area contributed by atoms with Crippen molar-refractivity contribution < 1.29 is 9.90 Å². The molecular formula is C19H26N4O2. The summed E-state index contributed by atoms with van der Waals surface area (Å²) < 4.78 is 1.74. The van der Waals surface area contributed by atoms with Crippen LogP contribution >= 0.6 is 0 Å². The van der Waals surface area contributed by atoms with E-state index >= 15 is 0 Å². The first-order chi connectivity index (χ1) is 11.9. The van der Waals surface area contributed by atoms with Crippen LogP contribution in [-0.4, -0.2) is 41.0 Å². The molecule has 0 aliphatic heterocycles. The third-order valence-electron chi connectivity index (χ3n) is 4.84. The van der Waals surface area contributed by atoms with Crippen molar-refractivity contribution in [3.8, 4) is 0 Å². The summed E-state index contributed by atoms with van der Waals surface area (Å²) >= 11 is 0. The summed E-state index contributed by atoms with van der Waals surface area (Å²) in [7, 11) is 5.85. The van der Waals surface area contributed by atoms with Gasteiger partial charge in [0.1, 0.15) is 0 Å². The summed E-state index contributed by atoms with van der Waals surface area (Å²) in [5, 5.41) is 17.0. The predicted octanol–water partition coefficient (Wildman–Crippen LogP) is 1.66. The first-order valence-electron chi connectivity index (χ1n) is 8.64. The highest BCUT2D eigenvalue weighted by Crippen LogP contribution is 2.38. The van der Waals surface area contributed by atoms with Gasteiger partial charge in [-0.3, -0.25) is 9.48 Å². The van der Waals surface area contributed by atoms with Gasteiger partial charge in [-0.2, -0.15) is 5.10 Å². The summed E-state index contributed by atoms with van der Waals surface area (Å²) in [4.78, 5) is 14.6. The number of hydrogen-bond acceptors (Lipinski definition) is 4. The number of nitrogens with one attached hydrogen (secondary N) is 1. The van der Waals surface area contributed by atoms with Crippen LogP contribution in [0.15, 0.2) is 36.7 Å². The lowest BCUT2D eigenvalue weighted by molar-refractivity contribution is -0.122. The van der Waals surface area contributed by atoms with Crippen LogP contribution in [0.2, 0.25) is 0 Å². The van der Waals surface area contributed by atoms with Crippen LogP contribution < -0.4 is 10.2 Å². The lowest BCUT2D eigenvalue weighted by atomic mass is 9.75. The Hall–Kier alpha value is -2.34. The zero-order chi connectivity index (χ0) is 18.0. The number of hydrogen-bond donors (Lipinski definition) is 2. The van der Waals surface area contributed by atoms with Crippen molar-refractivity contribution >= 4 is 11.6 Å². The molecule has 1 fully saturated rings. The molecule has 2 aromatic rings. The molecule has 134 valence electrons. The van der Waals surface area contributed by atoms with E-state index in [-0.39, 0.29) is 24.0 Å². The molecule has 6 heteroatoms. The summed E-state index contributed by atoms with van der Waals surface area (Å²) in [5.41, 5.74) is 3.10. The molecule has 1 heterocycles. The van der Waals surface area contributed by atoms with E-state index in [1.54, 1.807) is 10.9 Å². The van der Waals surface area contributed by atoms with E-state index in [4.69, 9.17) is 0 Å². The Kier molecular flexibility index (Phi) is 5.08. The Morgan fingerprint density at radius 2 is 2.04 bits per heavy atom. The van der Waals surface area contributed by atoms with E-state index in [2.05, 4.69) is 10.4 Å². The minimum Gasteiger partial charge on any atom is -0.393 e. The first kappa shape index (κ1) is 17.5. The number of benzene rings is 1. The number of aryl methyl sites for hydroxylation is 1. The van der Waals surface area contributed by atoms with Crippen molar-refractivity contribution in [1.82, 2.24) is 15.1 Å². The van der Waals surface area contributed by atoms with Crippen LogP contribution in [0.4, 0.5) is 5.69 Å². The van der Waals surface area contributed by atoms with Gasteiger partial charge < -0.3 is 15.3 Å². The SMILES string of the molecule is CN(C)c1ccc(CC(=O)N[C@@H](c2cnn(C)c2)C2CC(O)C2)cc1. The number of carbonyl (C=O) groups excluding carboxylic acids is 1. The average Bonchev–Trinajstić information content (AvgIpc) is 2.97. The smallest absolute Gasteiger partial charge is 0.224 e. The van der Waals surface area contributed by atoms with E-state index in [9.17, 15) is 9.90 Å². The third kappa shape index (κ3) is 4.20. The molecule has 3 rings (SSSR count). The third-order valence-corrected chi connectivity index (χ3v) is 4.84. The lowest BCUT2D eigenvalue weighted by Crippen LogP contribution is -2.41. The molecule has 6 nitrogen and oxygen atoms in total. The summed E-state index contributed by atoms with van der Waals surface area (Å²) in [6.45, 7) is 0. The number of rotatable bonds is 6. The van der Waals surface area contributed by atoms with Gasteiger partial charge in [0.25, 0.3) is 0 Å². The molecule has 1 amide bonds. The summed E-state index contributed by atoms with van der Waals surface area (Å²) in [5.74, 6) is 0.257. The van der Waals surface area contributed by atoms with Crippen molar-refractivity contribution in [1.29, 1.82) is 0 Å². The normalized spacial score (nSPS) is 20.6. The second-order valence-electron chi connectivity index (χ2n) is 7.12. The van der Waals surface area contributed by atoms with Gasteiger partial charge in [-0.05, 0) is 36.5 Å². The van der Waals surface area contributed by atoms with Gasteiger partial charge in [-0.1, -0.05) is 12.1 Å². The van der Waals surface area contributed by atoms with Crippen molar-refractivity contribution in [3.63, 3.8) is 0 Å². The van der Waals surface area contributed by atoms with Crippen LogP contribution in [0.1, 0.15) is 30.0 Å². The fourth-order valence-electron chi connectivity index (χ4n) is 3.30. The molecule has 0 saturated heterocycles. The fourth-order valence-corrected chi connectivity index (χ4v) is 3.30. The molecule has 0 spiro atoms. The van der Waals surface area contributed by atoms with Crippen molar-refractivity contribution in [2.24, 2.45) is 13.0 Å². The molecule has 0 unspecified atom stereocenters. The van der Waals surface area contributed by atoms with Gasteiger partial charge in [0.2, 0.25) is 5.91 Å². The van der Waals surface area contributed by atoms with Crippen LogP contribution in [0.5, 0.6) is 0 Å². The zero-order valence-corrected chi connectivity index (χ0v) is 15.0. The molecule has 0 bridgehead atoms. The Morgan fingerprint density at radius 3 is 2.56 bits per heavy atom. The van der Waals surface area contributed by atoms with Gasteiger partial charge in [-0.25, -0.2) is 0 Å². The number of carbonyl (C=O) groups is 1. The van der Waals surface area contributed by atoms with Crippen LogP contribution in [0, 0.1) is 5.92 Å². The summed E-state index contributed by atoms with van der Waals surface area (Å²) in [6.07, 6.45) is 5.26. The molecular weight excluding hydrogens is 316 g/mol. The second-order valence-corrected chi connectivity index (χ2v) is 7.12. The van der Waals surface area contributed by atoms with E-state index in [0.717, 1.165) is 29.7 Å². The van der Waals surface area contributed by atoms with Gasteiger partial charge in [0, 0.05) is 38.6 Å². The number of aliphatic hydroxyl groups is 1. The Morgan fingerprint density at radius 1 is 1.36 bits per heavy atom. The Labute approximate surface area is 148 Å². The molecule has 1 aromatic heterocycles. The second kappa shape index (κ2) is 7.27. The van der Waals surface area contributed by atoms with Crippen molar-refractivity contribution in [2.75, 3.05) is 19.0 Å². The Bertz CT molecular complexity index is 717. The Balaban J connectivity index is 1.65. The molecule has 1 aromatic carbocycles. The van der Waals surface area contributed by atoms with E-state index in [1.807, 2.05) is 56.5 Å². The lowest BCUT2D eigenvalue weighted by Gasteiger charge is -2.37. The maximum Gasteiger partial charge on any atom is 0.224 e. The van der Waals surface area contributed by atoms with Crippen molar-refractivity contribution in [2.45, 2.75) is 31.4 Å². The predicted molar refractivity (Wildman–Crippen MR) is 97.3 cm³/mol. The fraction of sp³-hybridized carbons (Fsp3) is 0.474. The highest BCUT2D eigenvalue weighted by Gasteiger charge is 2.36. The monoisotopic (exact) mass is 342 g/mol. The molecule has 1 saturated carbocycles. The standard InChI is InChI=1S/C19H26N4O2/c1-22(2)16-6-4-13(5-7-16)8-18(25)21-19(14-9-17(24)10-14)15-11-20-23(3)12-15/h4-7,11-12,14,17,19,24H,8-10H2,1-3H3,(H,21,25)/t14?,17?,19-/m1/s1. The van der Waals surface area contributed by atoms with Crippen LogP contribution in [0.3, 0.4) is 0 Å². The maximum absolute atomic E-state index is 12.5. The largest absolute Gasteiger partial charge is 0.393 e. The van der Waals surface area contributed by atoms with Crippen LogP contribution in [-0.2, 0) is 18.3 Å². The number of aromatic nitrogens is 2. The van der Waals surface area contributed by atoms with E-state index in [1.165, 1.54) is 0 Å².